The second-order valence-corrected chi connectivity index (χ2v) is 2.16. The van der Waals surface area contributed by atoms with Gasteiger partial charge in [0.15, 0.2) is 5.78 Å². The van der Waals surface area contributed by atoms with Gasteiger partial charge in [-0.2, -0.15) is 0 Å². The highest BCUT2D eigenvalue weighted by Gasteiger charge is 2.13. The molecule has 5 heteroatoms. The van der Waals surface area contributed by atoms with E-state index in [1.165, 1.54) is 6.92 Å². The van der Waals surface area contributed by atoms with Crippen molar-refractivity contribution >= 4 is 17.7 Å². The number of carboxylic acid groups (broad SMARTS) is 2. The summed E-state index contributed by atoms with van der Waals surface area (Å²) in [6.07, 6.45) is 3.01. The molecule has 0 aromatic rings. The first-order chi connectivity index (χ1) is 5.95. The van der Waals surface area contributed by atoms with Gasteiger partial charge in [0, 0.05) is 0 Å². The second-order valence-electron chi connectivity index (χ2n) is 2.16. The molecule has 0 aliphatic carbocycles. The van der Waals surface area contributed by atoms with E-state index in [0.29, 0.717) is 0 Å². The molecule has 2 N–H and O–H groups in total. The quantitative estimate of drug-likeness (QED) is 0.282. The van der Waals surface area contributed by atoms with E-state index in [1.54, 1.807) is 0 Å². The normalized spacial score (nSPS) is 9.62. The van der Waals surface area contributed by atoms with E-state index in [0.717, 1.165) is 18.2 Å². The number of rotatable bonds is 4. The van der Waals surface area contributed by atoms with Crippen LogP contribution in [-0.4, -0.2) is 27.9 Å². The van der Waals surface area contributed by atoms with Crippen LogP contribution in [0.15, 0.2) is 23.8 Å². The Kier molecular flexibility index (Phi) is 4.15. The van der Waals surface area contributed by atoms with Crippen LogP contribution < -0.4 is 0 Å². The monoisotopic (exact) mass is 184 g/mol. The molecule has 0 bridgehead atoms. The van der Waals surface area contributed by atoms with E-state index < -0.39 is 17.5 Å². The van der Waals surface area contributed by atoms with Gasteiger partial charge >= 0.3 is 11.9 Å². The number of carbonyl (C=O) groups is 3. The minimum atomic E-state index is -1.54. The number of hydrogen-bond donors (Lipinski definition) is 2. The first-order valence-electron chi connectivity index (χ1n) is 3.30. The smallest absolute Gasteiger partial charge is 0.343 e. The van der Waals surface area contributed by atoms with Crippen LogP contribution in [0.2, 0.25) is 0 Å². The minimum absolute atomic E-state index is 0.286. The minimum Gasteiger partial charge on any atom is -0.477 e. The van der Waals surface area contributed by atoms with Crippen molar-refractivity contribution in [2.75, 3.05) is 0 Å². The lowest BCUT2D eigenvalue weighted by molar-refractivity contribution is -0.140. The molecule has 0 radical (unpaired) electrons. The summed E-state index contributed by atoms with van der Waals surface area (Å²) >= 11 is 0. The Morgan fingerprint density at radius 1 is 1.08 bits per heavy atom. The summed E-state index contributed by atoms with van der Waals surface area (Å²) in [6, 6.07) is 0. The zero-order valence-electron chi connectivity index (χ0n) is 6.85. The summed E-state index contributed by atoms with van der Waals surface area (Å²) in [5.74, 6) is -3.37. The lowest BCUT2D eigenvalue weighted by atomic mass is 10.2. The highest BCUT2D eigenvalue weighted by Crippen LogP contribution is 1.95. The van der Waals surface area contributed by atoms with E-state index in [1.807, 2.05) is 0 Å². The van der Waals surface area contributed by atoms with Crippen LogP contribution in [0, 0.1) is 0 Å². The molecule has 70 valence electrons. The largest absolute Gasteiger partial charge is 0.477 e. The highest BCUT2D eigenvalue weighted by molar-refractivity contribution is 6.12. The molecule has 0 saturated carbocycles. The van der Waals surface area contributed by atoms with Gasteiger partial charge in [0.2, 0.25) is 0 Å². The number of allylic oxidation sites excluding steroid dienone is 3. The van der Waals surface area contributed by atoms with Gasteiger partial charge < -0.3 is 10.2 Å². The summed E-state index contributed by atoms with van der Waals surface area (Å²) in [4.78, 5) is 30.9. The van der Waals surface area contributed by atoms with Crippen LogP contribution in [0.5, 0.6) is 0 Å². The molecule has 0 aromatic heterocycles. The fraction of sp³-hybridized carbons (Fsp3) is 0.125. The SMILES string of the molecule is CC(=O)/C=C/C=C(C(=O)O)C(=O)O. The van der Waals surface area contributed by atoms with E-state index in [-0.39, 0.29) is 5.78 Å². The number of ketones is 1. The first-order valence-corrected chi connectivity index (χ1v) is 3.30. The van der Waals surface area contributed by atoms with Gasteiger partial charge in [0.1, 0.15) is 5.57 Å². The summed E-state index contributed by atoms with van der Waals surface area (Å²) < 4.78 is 0. The van der Waals surface area contributed by atoms with Crippen molar-refractivity contribution in [3.8, 4) is 0 Å². The molecular weight excluding hydrogens is 176 g/mol. The van der Waals surface area contributed by atoms with Crippen LogP contribution >= 0.6 is 0 Å². The summed E-state index contributed by atoms with van der Waals surface area (Å²) in [6.45, 7) is 1.27. The Morgan fingerprint density at radius 3 is 1.85 bits per heavy atom. The average molecular weight is 184 g/mol. The maximum absolute atomic E-state index is 10.4. The molecule has 0 aliphatic rings. The third-order valence-electron chi connectivity index (χ3n) is 1.05. The van der Waals surface area contributed by atoms with Crippen molar-refractivity contribution in [3.05, 3.63) is 23.8 Å². The maximum atomic E-state index is 10.4. The van der Waals surface area contributed by atoms with Gasteiger partial charge in [-0.05, 0) is 19.1 Å². The molecule has 0 rings (SSSR count). The lowest BCUT2D eigenvalue weighted by Crippen LogP contribution is -2.10. The predicted molar refractivity (Wildman–Crippen MR) is 43.2 cm³/mol. The molecule has 0 aromatic carbocycles. The third-order valence-corrected chi connectivity index (χ3v) is 1.05. The molecule has 13 heavy (non-hydrogen) atoms. The van der Waals surface area contributed by atoms with E-state index in [9.17, 15) is 14.4 Å². The number of carbonyl (C=O) groups excluding carboxylic acids is 1. The number of hydrogen-bond acceptors (Lipinski definition) is 3. The molecule has 0 heterocycles. The van der Waals surface area contributed by atoms with Crippen LogP contribution in [0.1, 0.15) is 6.92 Å². The molecule has 0 amide bonds. The van der Waals surface area contributed by atoms with Crippen molar-refractivity contribution in [1.29, 1.82) is 0 Å². The summed E-state index contributed by atoms with van der Waals surface area (Å²) in [5, 5.41) is 16.7. The average Bonchev–Trinajstić information content (AvgIpc) is 1.95. The Labute approximate surface area is 74.0 Å². The molecule has 0 fully saturated rings. The maximum Gasteiger partial charge on any atom is 0.343 e. The van der Waals surface area contributed by atoms with Crippen molar-refractivity contribution < 1.29 is 24.6 Å². The van der Waals surface area contributed by atoms with E-state index in [4.69, 9.17) is 10.2 Å². The van der Waals surface area contributed by atoms with Gasteiger partial charge in [-0.1, -0.05) is 6.08 Å². The van der Waals surface area contributed by atoms with Gasteiger partial charge in [-0.3, -0.25) is 4.79 Å². The third kappa shape index (κ3) is 4.52. The Bertz CT molecular complexity index is 282. The summed E-state index contributed by atoms with van der Waals surface area (Å²) in [5.41, 5.74) is -0.780. The fourth-order valence-corrected chi connectivity index (χ4v) is 0.514. The summed E-state index contributed by atoms with van der Waals surface area (Å²) in [7, 11) is 0. The van der Waals surface area contributed by atoms with Crippen molar-refractivity contribution in [3.63, 3.8) is 0 Å². The van der Waals surface area contributed by atoms with Gasteiger partial charge in [-0.15, -0.1) is 0 Å². The topological polar surface area (TPSA) is 91.7 Å². The molecule has 0 aliphatic heterocycles. The van der Waals surface area contributed by atoms with Crippen LogP contribution in [-0.2, 0) is 14.4 Å². The predicted octanol–water partition coefficient (Wildman–Crippen LogP) is 0.227. The van der Waals surface area contributed by atoms with Crippen LogP contribution in [0.25, 0.3) is 0 Å². The van der Waals surface area contributed by atoms with Gasteiger partial charge in [0.25, 0.3) is 0 Å². The van der Waals surface area contributed by atoms with Gasteiger partial charge in [-0.25, -0.2) is 9.59 Å². The fourth-order valence-electron chi connectivity index (χ4n) is 0.514. The van der Waals surface area contributed by atoms with Crippen molar-refractivity contribution in [2.45, 2.75) is 6.92 Å². The number of carboxylic acids is 2. The Hall–Kier alpha value is -1.91. The zero-order chi connectivity index (χ0) is 10.4. The van der Waals surface area contributed by atoms with E-state index >= 15 is 0 Å². The molecule has 0 atom stereocenters. The molecule has 0 saturated heterocycles. The molecule has 0 unspecified atom stereocenters. The Morgan fingerprint density at radius 2 is 1.54 bits per heavy atom. The molecule has 0 spiro atoms. The Balaban J connectivity index is 4.66. The molecular formula is C8H8O5. The first kappa shape index (κ1) is 11.1. The second kappa shape index (κ2) is 4.87. The standard InChI is InChI=1S/C8H8O5/c1-5(9)3-2-4-6(7(10)11)8(12)13/h2-4H,1H3,(H,10,11)(H,12,13)/b3-2+. The van der Waals surface area contributed by atoms with Gasteiger partial charge in [0.05, 0.1) is 0 Å². The molecule has 5 nitrogen and oxygen atoms in total. The van der Waals surface area contributed by atoms with Crippen LogP contribution in [0.3, 0.4) is 0 Å². The van der Waals surface area contributed by atoms with E-state index in [2.05, 4.69) is 0 Å². The zero-order valence-corrected chi connectivity index (χ0v) is 6.85. The lowest BCUT2D eigenvalue weighted by Gasteiger charge is -1.90. The number of aliphatic carboxylic acids is 2. The van der Waals surface area contributed by atoms with Crippen LogP contribution in [0.4, 0.5) is 0 Å². The highest BCUT2D eigenvalue weighted by atomic mass is 16.4. The van der Waals surface area contributed by atoms with Crippen molar-refractivity contribution in [2.24, 2.45) is 0 Å². The van der Waals surface area contributed by atoms with Crippen molar-refractivity contribution in [1.82, 2.24) is 0 Å².